The first kappa shape index (κ1) is 20.6. The Labute approximate surface area is 173 Å². The van der Waals surface area contributed by atoms with Crippen LogP contribution in [0.5, 0.6) is 17.2 Å². The SMILES string of the molecule is CCOc1cc(C(=O)Nc2nnc(CC)s2)ccc1OCCOc1ccccc1. The molecule has 1 heterocycles. The Bertz CT molecular complexity index is 931. The van der Waals surface area contributed by atoms with Gasteiger partial charge in [-0.25, -0.2) is 0 Å². The molecule has 2 aromatic carbocycles. The third-order valence-corrected chi connectivity index (χ3v) is 4.83. The van der Waals surface area contributed by atoms with Gasteiger partial charge >= 0.3 is 0 Å². The zero-order chi connectivity index (χ0) is 20.5. The predicted octanol–water partition coefficient (Wildman–Crippen LogP) is 4.21. The van der Waals surface area contributed by atoms with E-state index in [1.54, 1.807) is 18.2 Å². The molecule has 29 heavy (non-hydrogen) atoms. The van der Waals surface area contributed by atoms with Crippen molar-refractivity contribution in [3.63, 3.8) is 0 Å². The first-order chi connectivity index (χ1) is 14.2. The number of anilines is 1. The van der Waals surface area contributed by atoms with Crippen molar-refractivity contribution >= 4 is 22.4 Å². The maximum absolute atomic E-state index is 12.5. The Hall–Kier alpha value is -3.13. The molecule has 0 aliphatic rings. The Morgan fingerprint density at radius 3 is 2.48 bits per heavy atom. The van der Waals surface area contributed by atoms with Crippen LogP contribution in [0, 0.1) is 0 Å². The number of ether oxygens (including phenoxy) is 3. The number of aryl methyl sites for hydroxylation is 1. The lowest BCUT2D eigenvalue weighted by atomic mass is 10.2. The molecule has 1 N–H and O–H groups in total. The smallest absolute Gasteiger partial charge is 0.257 e. The quantitative estimate of drug-likeness (QED) is 0.502. The average molecular weight is 413 g/mol. The largest absolute Gasteiger partial charge is 0.490 e. The number of hydrogen-bond donors (Lipinski definition) is 1. The summed E-state index contributed by atoms with van der Waals surface area (Å²) in [7, 11) is 0. The molecule has 1 amide bonds. The van der Waals surface area contributed by atoms with E-state index in [-0.39, 0.29) is 5.91 Å². The van der Waals surface area contributed by atoms with Crippen molar-refractivity contribution in [3.8, 4) is 17.2 Å². The summed E-state index contributed by atoms with van der Waals surface area (Å²) in [6.07, 6.45) is 0.780. The van der Waals surface area contributed by atoms with Gasteiger partial charge in [0, 0.05) is 5.56 Å². The molecule has 7 nitrogen and oxygen atoms in total. The standard InChI is InChI=1S/C21H23N3O4S/c1-3-19-23-24-21(29-19)22-20(25)15-10-11-17(18(14-15)26-4-2)28-13-12-27-16-8-6-5-7-9-16/h5-11,14H,3-4,12-13H2,1-2H3,(H,22,24,25). The molecule has 3 aromatic rings. The van der Waals surface area contributed by atoms with Crippen molar-refractivity contribution in [1.82, 2.24) is 10.2 Å². The summed E-state index contributed by atoms with van der Waals surface area (Å²) < 4.78 is 17.0. The molecular weight excluding hydrogens is 390 g/mol. The average Bonchev–Trinajstić information content (AvgIpc) is 3.20. The molecule has 0 saturated heterocycles. The summed E-state index contributed by atoms with van der Waals surface area (Å²) in [6.45, 7) is 5.07. The third kappa shape index (κ3) is 5.92. The molecule has 0 spiro atoms. The molecule has 1 aromatic heterocycles. The van der Waals surface area contributed by atoms with Gasteiger partial charge in [0.05, 0.1) is 6.61 Å². The Kier molecular flexibility index (Phi) is 7.40. The summed E-state index contributed by atoms with van der Waals surface area (Å²) in [6, 6.07) is 14.6. The number of rotatable bonds is 10. The topological polar surface area (TPSA) is 82.6 Å². The number of nitrogens with one attached hydrogen (secondary N) is 1. The lowest BCUT2D eigenvalue weighted by molar-refractivity contribution is 0.102. The third-order valence-electron chi connectivity index (χ3n) is 3.85. The van der Waals surface area contributed by atoms with Gasteiger partial charge in [-0.15, -0.1) is 10.2 Å². The number of hydrogen-bond acceptors (Lipinski definition) is 7. The van der Waals surface area contributed by atoms with Gasteiger partial charge < -0.3 is 14.2 Å². The molecule has 0 fully saturated rings. The van der Waals surface area contributed by atoms with Crippen LogP contribution in [-0.4, -0.2) is 35.9 Å². The van der Waals surface area contributed by atoms with Gasteiger partial charge in [0.25, 0.3) is 5.91 Å². The maximum atomic E-state index is 12.5. The summed E-state index contributed by atoms with van der Waals surface area (Å²) >= 11 is 1.36. The normalized spacial score (nSPS) is 10.4. The fourth-order valence-electron chi connectivity index (χ4n) is 2.48. The summed E-state index contributed by atoms with van der Waals surface area (Å²) in [5, 5.41) is 12.1. The van der Waals surface area contributed by atoms with Crippen LogP contribution in [0.3, 0.4) is 0 Å². The molecule has 0 aliphatic heterocycles. The summed E-state index contributed by atoms with van der Waals surface area (Å²) in [5.74, 6) is 1.58. The van der Waals surface area contributed by atoms with Gasteiger partial charge in [0.2, 0.25) is 5.13 Å². The number of nitrogens with zero attached hydrogens (tertiary/aromatic N) is 2. The van der Waals surface area contributed by atoms with E-state index in [1.807, 2.05) is 44.2 Å². The Morgan fingerprint density at radius 2 is 1.76 bits per heavy atom. The Balaban J connectivity index is 1.60. The van der Waals surface area contributed by atoms with Gasteiger partial charge in [-0.2, -0.15) is 0 Å². The zero-order valence-corrected chi connectivity index (χ0v) is 17.2. The van der Waals surface area contributed by atoms with E-state index >= 15 is 0 Å². The molecular formula is C21H23N3O4S. The molecule has 0 bridgehead atoms. The van der Waals surface area contributed by atoms with Crippen LogP contribution in [0.25, 0.3) is 0 Å². The van der Waals surface area contributed by atoms with Crippen molar-refractivity contribution < 1.29 is 19.0 Å². The van der Waals surface area contributed by atoms with E-state index < -0.39 is 0 Å². The van der Waals surface area contributed by atoms with Crippen LogP contribution >= 0.6 is 11.3 Å². The van der Waals surface area contributed by atoms with Crippen LogP contribution < -0.4 is 19.5 Å². The van der Waals surface area contributed by atoms with Crippen molar-refractivity contribution in [1.29, 1.82) is 0 Å². The van der Waals surface area contributed by atoms with E-state index in [0.29, 0.717) is 42.0 Å². The molecule has 152 valence electrons. The summed E-state index contributed by atoms with van der Waals surface area (Å²) in [4.78, 5) is 12.5. The van der Waals surface area contributed by atoms with Crippen LogP contribution in [0.2, 0.25) is 0 Å². The minimum Gasteiger partial charge on any atom is -0.490 e. The lowest BCUT2D eigenvalue weighted by Crippen LogP contribution is -2.13. The zero-order valence-electron chi connectivity index (χ0n) is 16.4. The van der Waals surface area contributed by atoms with Gasteiger partial charge in [-0.1, -0.05) is 36.5 Å². The van der Waals surface area contributed by atoms with E-state index in [2.05, 4.69) is 15.5 Å². The van der Waals surface area contributed by atoms with Crippen molar-refractivity contribution in [2.45, 2.75) is 20.3 Å². The van der Waals surface area contributed by atoms with E-state index in [4.69, 9.17) is 14.2 Å². The first-order valence-electron chi connectivity index (χ1n) is 9.40. The second kappa shape index (κ2) is 10.4. The second-order valence-corrected chi connectivity index (χ2v) is 6.98. The van der Waals surface area contributed by atoms with Crippen LogP contribution in [-0.2, 0) is 6.42 Å². The minimum atomic E-state index is -0.274. The first-order valence-corrected chi connectivity index (χ1v) is 10.2. The molecule has 0 saturated carbocycles. The second-order valence-electron chi connectivity index (χ2n) is 5.91. The van der Waals surface area contributed by atoms with Gasteiger partial charge in [-0.3, -0.25) is 10.1 Å². The van der Waals surface area contributed by atoms with Crippen LogP contribution in [0.4, 0.5) is 5.13 Å². The lowest BCUT2D eigenvalue weighted by Gasteiger charge is -2.13. The van der Waals surface area contributed by atoms with Gasteiger partial charge in [0.1, 0.15) is 24.0 Å². The highest BCUT2D eigenvalue weighted by molar-refractivity contribution is 7.15. The van der Waals surface area contributed by atoms with E-state index in [1.165, 1.54) is 11.3 Å². The van der Waals surface area contributed by atoms with Gasteiger partial charge in [-0.05, 0) is 43.7 Å². The molecule has 0 radical (unpaired) electrons. The molecule has 8 heteroatoms. The molecule has 0 aliphatic carbocycles. The van der Waals surface area contributed by atoms with Crippen molar-refractivity contribution in [2.24, 2.45) is 0 Å². The predicted molar refractivity (Wildman–Crippen MR) is 112 cm³/mol. The number of carbonyl (C=O) groups excluding carboxylic acids is 1. The van der Waals surface area contributed by atoms with E-state index in [9.17, 15) is 4.79 Å². The van der Waals surface area contributed by atoms with Crippen molar-refractivity contribution in [2.75, 3.05) is 25.1 Å². The van der Waals surface area contributed by atoms with Gasteiger partial charge in [0.15, 0.2) is 11.5 Å². The fraction of sp³-hybridized carbons (Fsp3) is 0.286. The number of carbonyl (C=O) groups is 1. The minimum absolute atomic E-state index is 0.274. The highest BCUT2D eigenvalue weighted by Crippen LogP contribution is 2.29. The summed E-state index contributed by atoms with van der Waals surface area (Å²) in [5.41, 5.74) is 0.453. The monoisotopic (exact) mass is 413 g/mol. The highest BCUT2D eigenvalue weighted by atomic mass is 32.1. The molecule has 3 rings (SSSR count). The Morgan fingerprint density at radius 1 is 0.966 bits per heavy atom. The van der Waals surface area contributed by atoms with E-state index in [0.717, 1.165) is 17.2 Å². The maximum Gasteiger partial charge on any atom is 0.257 e. The van der Waals surface area contributed by atoms with Crippen LogP contribution in [0.1, 0.15) is 29.2 Å². The molecule has 0 unspecified atom stereocenters. The fourth-order valence-corrected chi connectivity index (χ4v) is 3.16. The van der Waals surface area contributed by atoms with Crippen molar-refractivity contribution in [3.05, 3.63) is 59.1 Å². The van der Waals surface area contributed by atoms with Crippen LogP contribution in [0.15, 0.2) is 48.5 Å². The molecule has 0 atom stereocenters. The number of benzene rings is 2. The number of para-hydroxylation sites is 1. The highest BCUT2D eigenvalue weighted by Gasteiger charge is 2.14. The number of aromatic nitrogens is 2. The number of amides is 1.